The first-order valence-corrected chi connectivity index (χ1v) is 13.7. The van der Waals surface area contributed by atoms with Crippen molar-refractivity contribution in [2.24, 2.45) is 5.10 Å². The van der Waals surface area contributed by atoms with Crippen molar-refractivity contribution < 1.29 is 18.0 Å². The second-order valence-electron chi connectivity index (χ2n) is 8.41. The summed E-state index contributed by atoms with van der Waals surface area (Å²) in [6.07, 6.45) is 0. The van der Waals surface area contributed by atoms with E-state index in [-0.39, 0.29) is 21.5 Å². The van der Waals surface area contributed by atoms with Crippen LogP contribution in [0.3, 0.4) is 0 Å². The summed E-state index contributed by atoms with van der Waals surface area (Å²) in [5.41, 5.74) is 4.93. The molecule has 0 saturated carbocycles. The summed E-state index contributed by atoms with van der Waals surface area (Å²) in [4.78, 5) is 25.2. The van der Waals surface area contributed by atoms with Crippen molar-refractivity contribution in [1.82, 2.24) is 5.43 Å². The van der Waals surface area contributed by atoms with Gasteiger partial charge in [0.05, 0.1) is 21.3 Å². The molecule has 0 saturated heterocycles. The van der Waals surface area contributed by atoms with Gasteiger partial charge in [-0.15, -0.1) is 0 Å². The maximum absolute atomic E-state index is 13.4. The highest BCUT2D eigenvalue weighted by Gasteiger charge is 2.28. The van der Waals surface area contributed by atoms with Crippen LogP contribution in [-0.2, 0) is 14.8 Å². The van der Waals surface area contributed by atoms with Gasteiger partial charge in [-0.1, -0.05) is 72.3 Å². The lowest BCUT2D eigenvalue weighted by Gasteiger charge is -2.24. The molecule has 39 heavy (non-hydrogen) atoms. The number of anilines is 2. The molecule has 0 bridgehead atoms. The van der Waals surface area contributed by atoms with Crippen LogP contribution in [0.1, 0.15) is 22.8 Å². The van der Waals surface area contributed by atoms with E-state index in [0.717, 1.165) is 4.31 Å². The molecule has 8 nitrogen and oxygen atoms in total. The Labute approximate surface area is 232 Å². The van der Waals surface area contributed by atoms with Crippen molar-refractivity contribution >= 4 is 50.5 Å². The highest BCUT2D eigenvalue weighted by atomic mass is 35.5. The van der Waals surface area contributed by atoms with Gasteiger partial charge in [-0.25, -0.2) is 13.8 Å². The molecule has 2 amide bonds. The minimum absolute atomic E-state index is 0.0249. The molecule has 0 aromatic heterocycles. The van der Waals surface area contributed by atoms with Gasteiger partial charge in [0.2, 0.25) is 0 Å². The number of sulfonamides is 1. The highest BCUT2D eigenvalue weighted by Crippen LogP contribution is 2.30. The summed E-state index contributed by atoms with van der Waals surface area (Å²) in [6, 6.07) is 30.0. The first kappa shape index (κ1) is 27.6. The van der Waals surface area contributed by atoms with E-state index in [1.54, 1.807) is 91.9 Å². The van der Waals surface area contributed by atoms with Crippen LogP contribution in [0.4, 0.5) is 11.4 Å². The number of carbonyl (C=O) groups excluding carboxylic acids is 2. The number of amides is 2. The molecule has 0 heterocycles. The Morgan fingerprint density at radius 2 is 1.38 bits per heavy atom. The second kappa shape index (κ2) is 12.4. The summed E-state index contributed by atoms with van der Waals surface area (Å²) in [5, 5.41) is 7.14. The third-order valence-corrected chi connectivity index (χ3v) is 7.78. The number of rotatable bonds is 9. The summed E-state index contributed by atoms with van der Waals surface area (Å²) in [6.45, 7) is 1.16. The van der Waals surface area contributed by atoms with Crippen molar-refractivity contribution in [1.29, 1.82) is 0 Å². The smallest absolute Gasteiger partial charge is 0.264 e. The molecule has 0 spiro atoms. The number of para-hydroxylation sites is 1. The van der Waals surface area contributed by atoms with E-state index in [4.69, 9.17) is 11.6 Å². The number of hydrogen-bond donors (Lipinski definition) is 2. The molecular formula is C29H25ClN4O4S. The monoisotopic (exact) mass is 560 g/mol. The van der Waals surface area contributed by atoms with E-state index < -0.39 is 22.5 Å². The Hall–Kier alpha value is -4.47. The molecule has 4 rings (SSSR count). The van der Waals surface area contributed by atoms with Crippen LogP contribution in [0.15, 0.2) is 119 Å². The van der Waals surface area contributed by atoms with Crippen molar-refractivity contribution in [3.8, 4) is 0 Å². The average Bonchev–Trinajstić information content (AvgIpc) is 2.96. The van der Waals surface area contributed by atoms with Crippen molar-refractivity contribution in [3.05, 3.63) is 125 Å². The first-order valence-electron chi connectivity index (χ1n) is 11.9. The largest absolute Gasteiger partial charge is 0.322 e. The lowest BCUT2D eigenvalue weighted by molar-refractivity contribution is -0.119. The molecule has 0 unspecified atom stereocenters. The van der Waals surface area contributed by atoms with Crippen LogP contribution in [0.5, 0.6) is 0 Å². The normalized spacial score (nSPS) is 11.5. The van der Waals surface area contributed by atoms with E-state index in [1.165, 1.54) is 18.2 Å². The van der Waals surface area contributed by atoms with Gasteiger partial charge in [0.1, 0.15) is 6.54 Å². The van der Waals surface area contributed by atoms with Crippen molar-refractivity contribution in [2.75, 3.05) is 16.2 Å². The predicted octanol–water partition coefficient (Wildman–Crippen LogP) is 5.33. The van der Waals surface area contributed by atoms with Gasteiger partial charge in [-0.05, 0) is 61.0 Å². The molecule has 4 aromatic carbocycles. The summed E-state index contributed by atoms with van der Waals surface area (Å²) in [7, 11) is -4.09. The number of hydrazone groups is 1. The fourth-order valence-corrected chi connectivity index (χ4v) is 5.39. The number of hydrogen-bond acceptors (Lipinski definition) is 5. The number of nitrogens with zero attached hydrogens (tertiary/aromatic N) is 2. The van der Waals surface area contributed by atoms with Crippen LogP contribution in [-0.4, -0.2) is 32.5 Å². The molecule has 0 fully saturated rings. The molecule has 0 radical (unpaired) electrons. The minimum Gasteiger partial charge on any atom is -0.322 e. The molecule has 0 aliphatic carbocycles. The summed E-state index contributed by atoms with van der Waals surface area (Å²) < 4.78 is 27.8. The van der Waals surface area contributed by atoms with Gasteiger partial charge in [0.25, 0.3) is 21.8 Å². The molecule has 198 valence electrons. The minimum atomic E-state index is -4.09. The van der Waals surface area contributed by atoms with Crippen LogP contribution >= 0.6 is 11.6 Å². The van der Waals surface area contributed by atoms with E-state index in [0.29, 0.717) is 22.5 Å². The average molecular weight is 561 g/mol. The molecule has 2 N–H and O–H groups in total. The number of nitrogens with one attached hydrogen (secondary N) is 2. The van der Waals surface area contributed by atoms with Crippen LogP contribution in [0.2, 0.25) is 5.02 Å². The van der Waals surface area contributed by atoms with E-state index >= 15 is 0 Å². The van der Waals surface area contributed by atoms with Crippen molar-refractivity contribution in [3.63, 3.8) is 0 Å². The standard InChI is InChI=1S/C29H25ClN4O4S/c1-21(22-16-18-24(19-17-22)31-29(36)23-10-4-2-5-11-23)32-33-28(35)20-34(27-15-9-8-14-26(27)30)39(37,38)25-12-6-3-7-13-25/h2-19H,20H2,1H3,(H,31,36)(H,33,35)/b32-21-. The summed E-state index contributed by atoms with van der Waals surface area (Å²) >= 11 is 6.29. The van der Waals surface area contributed by atoms with E-state index in [9.17, 15) is 18.0 Å². The zero-order chi connectivity index (χ0) is 27.8. The molecule has 10 heteroatoms. The zero-order valence-electron chi connectivity index (χ0n) is 20.9. The number of benzene rings is 4. The topological polar surface area (TPSA) is 108 Å². The van der Waals surface area contributed by atoms with Crippen LogP contribution in [0.25, 0.3) is 0 Å². The zero-order valence-corrected chi connectivity index (χ0v) is 22.5. The first-order chi connectivity index (χ1) is 18.8. The van der Waals surface area contributed by atoms with E-state index in [1.807, 2.05) is 6.07 Å². The molecule has 0 aliphatic heterocycles. The quantitative estimate of drug-likeness (QED) is 0.213. The number of carbonyl (C=O) groups is 2. The van der Waals surface area contributed by atoms with Crippen molar-refractivity contribution in [2.45, 2.75) is 11.8 Å². The fourth-order valence-electron chi connectivity index (χ4n) is 3.64. The van der Waals surface area contributed by atoms with Gasteiger partial charge < -0.3 is 5.32 Å². The number of halogens is 1. The van der Waals surface area contributed by atoms with Gasteiger partial charge in [-0.3, -0.25) is 13.9 Å². The van der Waals surface area contributed by atoms with Crippen LogP contribution in [0, 0.1) is 0 Å². The van der Waals surface area contributed by atoms with Gasteiger partial charge in [0, 0.05) is 11.3 Å². The molecule has 0 atom stereocenters. The Kier molecular flexibility index (Phi) is 8.75. The molecule has 4 aromatic rings. The molecule has 0 aliphatic rings. The van der Waals surface area contributed by atoms with Gasteiger partial charge in [-0.2, -0.15) is 5.10 Å². The maximum Gasteiger partial charge on any atom is 0.264 e. The predicted molar refractivity (Wildman–Crippen MR) is 154 cm³/mol. The van der Waals surface area contributed by atoms with Gasteiger partial charge >= 0.3 is 0 Å². The summed E-state index contributed by atoms with van der Waals surface area (Å²) in [5.74, 6) is -0.880. The lowest BCUT2D eigenvalue weighted by atomic mass is 10.1. The SMILES string of the molecule is C/C(=N/NC(=O)CN(c1ccccc1Cl)S(=O)(=O)c1ccccc1)c1ccc(NC(=O)c2ccccc2)cc1. The van der Waals surface area contributed by atoms with Gasteiger partial charge in [0.15, 0.2) is 0 Å². The maximum atomic E-state index is 13.4. The Bertz CT molecular complexity index is 1590. The Balaban J connectivity index is 1.46. The highest BCUT2D eigenvalue weighted by molar-refractivity contribution is 7.92. The van der Waals surface area contributed by atoms with E-state index in [2.05, 4.69) is 15.8 Å². The molecular weight excluding hydrogens is 536 g/mol. The van der Waals surface area contributed by atoms with Crippen LogP contribution < -0.4 is 15.0 Å². The third-order valence-electron chi connectivity index (χ3n) is 5.68. The second-order valence-corrected chi connectivity index (χ2v) is 10.7. The lowest BCUT2D eigenvalue weighted by Crippen LogP contribution is -2.40. The fraction of sp³-hybridized carbons (Fsp3) is 0.0690. The Morgan fingerprint density at radius 3 is 2.03 bits per heavy atom. The Morgan fingerprint density at radius 1 is 0.795 bits per heavy atom. The third kappa shape index (κ3) is 6.90.